The average molecular weight is 264 g/mol. The topological polar surface area (TPSA) is 72.3 Å². The fourth-order valence-electron chi connectivity index (χ4n) is 2.28. The van der Waals surface area contributed by atoms with Crippen LogP contribution in [0.15, 0.2) is 6.33 Å². The highest BCUT2D eigenvalue weighted by molar-refractivity contribution is 7.18. The Morgan fingerprint density at radius 3 is 3.22 bits per heavy atom. The van der Waals surface area contributed by atoms with Crippen molar-refractivity contribution in [2.45, 2.75) is 32.5 Å². The Bertz CT molecular complexity index is 623. The van der Waals surface area contributed by atoms with E-state index in [1.807, 2.05) is 0 Å². The van der Waals surface area contributed by atoms with Crippen molar-refractivity contribution in [1.29, 1.82) is 0 Å². The van der Waals surface area contributed by atoms with E-state index in [0.717, 1.165) is 15.3 Å². The fourth-order valence-corrected chi connectivity index (χ4v) is 3.37. The van der Waals surface area contributed by atoms with Crippen molar-refractivity contribution in [2.75, 3.05) is 0 Å². The Kier molecular flexibility index (Phi) is 2.76. The molecule has 0 bridgehead atoms. The molecule has 2 aromatic rings. The molecule has 0 amide bonds. The van der Waals surface area contributed by atoms with Crippen LogP contribution in [0.4, 0.5) is 0 Å². The number of carbonyl (C=O) groups excluding carboxylic acids is 1. The van der Waals surface area contributed by atoms with E-state index < -0.39 is 0 Å². The van der Waals surface area contributed by atoms with E-state index in [1.165, 1.54) is 17.7 Å². The van der Waals surface area contributed by atoms with Crippen molar-refractivity contribution in [3.05, 3.63) is 16.8 Å². The third kappa shape index (κ3) is 1.87. The molecule has 0 aliphatic carbocycles. The first-order chi connectivity index (χ1) is 8.65. The molecule has 1 unspecified atom stereocenters. The third-order valence-corrected chi connectivity index (χ3v) is 4.16. The average Bonchev–Trinajstić information content (AvgIpc) is 2.67. The minimum atomic E-state index is -0.104. The number of carbonyl (C=O) groups is 1. The summed E-state index contributed by atoms with van der Waals surface area (Å²) >= 11 is 1.51. The Morgan fingerprint density at radius 2 is 2.44 bits per heavy atom. The second kappa shape index (κ2) is 4.29. The van der Waals surface area contributed by atoms with E-state index >= 15 is 0 Å². The molecule has 18 heavy (non-hydrogen) atoms. The highest BCUT2D eigenvalue weighted by Crippen LogP contribution is 2.38. The van der Waals surface area contributed by atoms with Crippen LogP contribution >= 0.6 is 11.3 Å². The van der Waals surface area contributed by atoms with Crippen LogP contribution < -0.4 is 0 Å². The van der Waals surface area contributed by atoms with Gasteiger partial charge in [0.25, 0.3) is 0 Å². The molecule has 0 radical (unpaired) electrons. The summed E-state index contributed by atoms with van der Waals surface area (Å²) in [5.74, 6) is 0.129. The number of aromatic nitrogens is 2. The lowest BCUT2D eigenvalue weighted by atomic mass is 10.00. The number of aromatic hydroxyl groups is 1. The zero-order valence-electron chi connectivity index (χ0n) is 9.84. The van der Waals surface area contributed by atoms with Gasteiger partial charge in [0.15, 0.2) is 0 Å². The molecule has 1 aliphatic rings. The second-order valence-corrected chi connectivity index (χ2v) is 5.51. The monoisotopic (exact) mass is 264 g/mol. The first-order valence-electron chi connectivity index (χ1n) is 5.70. The van der Waals surface area contributed by atoms with Gasteiger partial charge in [0.2, 0.25) is 5.88 Å². The first-order valence-corrected chi connectivity index (χ1v) is 6.52. The van der Waals surface area contributed by atoms with Gasteiger partial charge < -0.3 is 9.84 Å². The van der Waals surface area contributed by atoms with Crippen LogP contribution in [-0.2, 0) is 22.6 Å². The Balaban J connectivity index is 2.03. The van der Waals surface area contributed by atoms with Gasteiger partial charge >= 0.3 is 0 Å². The van der Waals surface area contributed by atoms with Crippen molar-refractivity contribution in [3.8, 4) is 5.88 Å². The minimum Gasteiger partial charge on any atom is -0.493 e. The minimum absolute atomic E-state index is 0.0148. The van der Waals surface area contributed by atoms with Crippen LogP contribution in [0.5, 0.6) is 5.88 Å². The zero-order valence-corrected chi connectivity index (χ0v) is 10.7. The maximum absolute atomic E-state index is 11.1. The molecule has 0 aromatic carbocycles. The summed E-state index contributed by atoms with van der Waals surface area (Å²) in [6.45, 7) is 2.04. The molecule has 0 saturated heterocycles. The smallest absolute Gasteiger partial charge is 0.223 e. The molecule has 94 valence electrons. The number of thiophene rings is 1. The Morgan fingerprint density at radius 1 is 1.61 bits per heavy atom. The molecule has 2 aromatic heterocycles. The summed E-state index contributed by atoms with van der Waals surface area (Å²) in [6, 6.07) is 0. The molecule has 0 spiro atoms. The molecule has 3 rings (SSSR count). The van der Waals surface area contributed by atoms with Gasteiger partial charge in [-0.3, -0.25) is 4.79 Å². The van der Waals surface area contributed by atoms with E-state index in [2.05, 4.69) is 9.97 Å². The van der Waals surface area contributed by atoms with Crippen LogP contribution in [0.25, 0.3) is 10.2 Å². The van der Waals surface area contributed by atoms with Crippen molar-refractivity contribution in [2.24, 2.45) is 0 Å². The lowest BCUT2D eigenvalue weighted by molar-refractivity contribution is -0.120. The molecule has 1 aliphatic heterocycles. The highest BCUT2D eigenvalue weighted by atomic mass is 32.1. The highest BCUT2D eigenvalue weighted by Gasteiger charge is 2.26. The molecule has 3 heterocycles. The second-order valence-electron chi connectivity index (χ2n) is 4.42. The van der Waals surface area contributed by atoms with Crippen LogP contribution in [0.2, 0.25) is 0 Å². The molecule has 5 nitrogen and oxygen atoms in total. The molecule has 0 saturated carbocycles. The van der Waals surface area contributed by atoms with Gasteiger partial charge in [-0.25, -0.2) is 9.97 Å². The maximum Gasteiger partial charge on any atom is 0.223 e. The molecule has 6 heteroatoms. The lowest BCUT2D eigenvalue weighted by Crippen LogP contribution is -2.23. The number of ketones is 1. The van der Waals surface area contributed by atoms with Crippen molar-refractivity contribution < 1.29 is 14.6 Å². The first kappa shape index (κ1) is 11.6. The van der Waals surface area contributed by atoms with Crippen molar-refractivity contribution in [3.63, 3.8) is 0 Å². The van der Waals surface area contributed by atoms with E-state index in [1.54, 1.807) is 6.92 Å². The quantitative estimate of drug-likeness (QED) is 0.895. The van der Waals surface area contributed by atoms with Crippen LogP contribution in [-0.4, -0.2) is 27.0 Å². The largest absolute Gasteiger partial charge is 0.493 e. The SMILES string of the molecule is CC(=O)CC1Cc2c(sc3ncnc(O)c23)CO1. The Hall–Kier alpha value is -1.53. The van der Waals surface area contributed by atoms with Gasteiger partial charge in [-0.15, -0.1) is 11.3 Å². The molecular formula is C12H12N2O3S. The van der Waals surface area contributed by atoms with E-state index in [-0.39, 0.29) is 17.8 Å². The van der Waals surface area contributed by atoms with E-state index in [4.69, 9.17) is 4.74 Å². The lowest BCUT2D eigenvalue weighted by Gasteiger charge is -2.22. The number of ether oxygens (including phenoxy) is 1. The number of hydrogen-bond acceptors (Lipinski definition) is 6. The van der Waals surface area contributed by atoms with E-state index in [0.29, 0.717) is 24.8 Å². The Labute approximate surface area is 107 Å². The molecular weight excluding hydrogens is 252 g/mol. The fraction of sp³-hybridized carbons (Fsp3) is 0.417. The van der Waals surface area contributed by atoms with Crippen molar-refractivity contribution in [1.82, 2.24) is 9.97 Å². The van der Waals surface area contributed by atoms with Crippen LogP contribution in [0.3, 0.4) is 0 Å². The maximum atomic E-state index is 11.1. The van der Waals surface area contributed by atoms with Gasteiger partial charge in [0, 0.05) is 17.7 Å². The summed E-state index contributed by atoms with van der Waals surface area (Å²) in [6.07, 6.45) is 2.29. The number of nitrogens with zero attached hydrogens (tertiary/aromatic N) is 2. The number of hydrogen-bond donors (Lipinski definition) is 1. The summed E-state index contributed by atoms with van der Waals surface area (Å²) in [5, 5.41) is 10.5. The third-order valence-electron chi connectivity index (χ3n) is 3.05. The predicted octanol–water partition coefficient (Wildman–Crippen LogP) is 1.82. The summed E-state index contributed by atoms with van der Waals surface area (Å²) < 4.78 is 5.64. The van der Waals surface area contributed by atoms with Crippen LogP contribution in [0, 0.1) is 0 Å². The summed E-state index contributed by atoms with van der Waals surface area (Å²) in [5.41, 5.74) is 1.03. The summed E-state index contributed by atoms with van der Waals surface area (Å²) in [7, 11) is 0. The normalized spacial score (nSPS) is 18.8. The van der Waals surface area contributed by atoms with Gasteiger partial charge in [0.1, 0.15) is 16.9 Å². The zero-order chi connectivity index (χ0) is 12.7. The van der Waals surface area contributed by atoms with Gasteiger partial charge in [-0.2, -0.15) is 0 Å². The predicted molar refractivity (Wildman–Crippen MR) is 66.7 cm³/mol. The van der Waals surface area contributed by atoms with Gasteiger partial charge in [-0.05, 0) is 12.5 Å². The van der Waals surface area contributed by atoms with Gasteiger partial charge in [0.05, 0.1) is 18.1 Å². The molecule has 1 atom stereocenters. The summed E-state index contributed by atoms with van der Waals surface area (Å²) in [4.78, 5) is 21.0. The van der Waals surface area contributed by atoms with Crippen LogP contribution in [0.1, 0.15) is 23.8 Å². The number of fused-ring (bicyclic) bond motifs is 3. The van der Waals surface area contributed by atoms with Crippen molar-refractivity contribution >= 4 is 27.3 Å². The number of rotatable bonds is 2. The molecule has 0 fully saturated rings. The van der Waals surface area contributed by atoms with E-state index in [9.17, 15) is 9.90 Å². The standard InChI is InChI=1S/C12H12N2O3S/c1-6(15)2-7-3-8-9(4-17-7)18-12-10(8)11(16)13-5-14-12/h5,7H,2-4H2,1H3,(H,13,14,16). The molecule has 1 N–H and O–H groups in total. The van der Waals surface area contributed by atoms with Gasteiger partial charge in [-0.1, -0.05) is 0 Å². The number of Topliss-reactive ketones (excluding diaryl/α,β-unsaturated/α-hetero) is 1.